The monoisotopic (exact) mass is 366 g/mol. The van der Waals surface area contributed by atoms with Gasteiger partial charge in [0.25, 0.3) is 0 Å². The molecule has 0 bridgehead atoms. The zero-order chi connectivity index (χ0) is 19.9. The zero-order valence-corrected chi connectivity index (χ0v) is 13.6. The van der Waals surface area contributed by atoms with E-state index in [1.54, 1.807) is 6.07 Å². The second kappa shape index (κ2) is 6.72. The Morgan fingerprint density at radius 3 is 2.11 bits per heavy atom. The van der Waals surface area contributed by atoms with Gasteiger partial charge in [0.05, 0.1) is 22.6 Å². The van der Waals surface area contributed by atoms with Gasteiger partial charge in [-0.05, 0) is 23.3 Å². The average Bonchev–Trinajstić information content (AvgIpc) is 2.64. The van der Waals surface area contributed by atoms with E-state index in [-0.39, 0.29) is 11.1 Å². The first kappa shape index (κ1) is 18.4. The van der Waals surface area contributed by atoms with Gasteiger partial charge in [-0.2, -0.15) is 0 Å². The van der Waals surface area contributed by atoms with Gasteiger partial charge in [0.1, 0.15) is 13.7 Å². The van der Waals surface area contributed by atoms with Gasteiger partial charge < -0.3 is 5.11 Å². The van der Waals surface area contributed by atoms with Crippen LogP contribution in [0.5, 0.6) is 0 Å². The molecule has 0 amide bonds. The van der Waals surface area contributed by atoms with Crippen LogP contribution in [-0.4, -0.2) is 30.3 Å². The minimum Gasteiger partial charge on any atom is -0.478 e. The topological polar surface area (TPSA) is 85.0 Å². The molecule has 0 atom stereocenters. The van der Waals surface area contributed by atoms with Crippen LogP contribution in [-0.2, 0) is 4.79 Å². The molecule has 0 aromatic heterocycles. The first-order chi connectivity index (χ1) is 12.7. The van der Waals surface area contributed by atoms with Gasteiger partial charge >= 0.3 is 5.97 Å². The SMILES string of the molecule is [B]c1c(F)c(-c2ccccc2)c(F)c(F)c1C1=CC(=N)C(=N)C(C(=O)O)=C1. The third kappa shape index (κ3) is 2.99. The molecule has 1 aliphatic rings. The van der Waals surface area contributed by atoms with E-state index in [0.29, 0.717) is 0 Å². The van der Waals surface area contributed by atoms with Gasteiger partial charge in [0.2, 0.25) is 0 Å². The zero-order valence-electron chi connectivity index (χ0n) is 13.6. The maximum Gasteiger partial charge on any atom is 0.337 e. The van der Waals surface area contributed by atoms with Crippen LogP contribution in [0.3, 0.4) is 0 Å². The highest BCUT2D eigenvalue weighted by atomic mass is 19.2. The van der Waals surface area contributed by atoms with Crippen molar-refractivity contribution < 1.29 is 23.1 Å². The van der Waals surface area contributed by atoms with Gasteiger partial charge in [-0.3, -0.25) is 10.8 Å². The molecule has 1 aliphatic carbocycles. The van der Waals surface area contributed by atoms with Crippen LogP contribution in [0.2, 0.25) is 0 Å². The number of allylic oxidation sites excluding steroid dienone is 3. The van der Waals surface area contributed by atoms with Gasteiger partial charge in [-0.1, -0.05) is 35.8 Å². The van der Waals surface area contributed by atoms with Crippen LogP contribution in [0.15, 0.2) is 48.1 Å². The Kier molecular flexibility index (Phi) is 4.57. The molecule has 0 saturated heterocycles. The molecule has 8 heteroatoms. The van der Waals surface area contributed by atoms with Gasteiger partial charge in [-0.25, -0.2) is 18.0 Å². The standard InChI is InChI=1S/C19H10BF3N2O2/c20-14-12(9-6-10(19(26)27)18(25)11(24)7-9)16(22)17(23)13(15(14)21)8-4-2-1-3-5-8/h1-7,24-25H,(H,26,27). The lowest BCUT2D eigenvalue weighted by molar-refractivity contribution is -0.132. The number of carbonyl (C=O) groups is 1. The molecule has 3 rings (SSSR count). The van der Waals surface area contributed by atoms with Gasteiger partial charge in [0.15, 0.2) is 11.6 Å². The highest BCUT2D eigenvalue weighted by molar-refractivity contribution is 6.56. The number of carboxylic acid groups (broad SMARTS) is 1. The summed E-state index contributed by atoms with van der Waals surface area (Å²) in [6.07, 6.45) is 1.79. The normalized spacial score (nSPS) is 14.0. The van der Waals surface area contributed by atoms with Crippen molar-refractivity contribution in [3.63, 3.8) is 0 Å². The Labute approximate surface area is 153 Å². The Bertz CT molecular complexity index is 1050. The fourth-order valence-corrected chi connectivity index (χ4v) is 2.77. The maximum absolute atomic E-state index is 14.8. The highest BCUT2D eigenvalue weighted by Gasteiger charge is 2.28. The molecule has 0 aliphatic heterocycles. The van der Waals surface area contributed by atoms with Gasteiger partial charge in [0, 0.05) is 5.56 Å². The number of aliphatic carboxylic acids is 1. The predicted octanol–water partition coefficient (Wildman–Crippen LogP) is 3.01. The molecule has 0 spiro atoms. The van der Waals surface area contributed by atoms with Crippen molar-refractivity contribution in [2.45, 2.75) is 0 Å². The van der Waals surface area contributed by atoms with E-state index >= 15 is 0 Å². The van der Waals surface area contributed by atoms with E-state index in [1.165, 1.54) is 24.3 Å². The molecule has 27 heavy (non-hydrogen) atoms. The third-order valence-corrected chi connectivity index (χ3v) is 4.08. The van der Waals surface area contributed by atoms with E-state index < -0.39 is 57.0 Å². The minimum atomic E-state index is -1.53. The fraction of sp³-hybridized carbons (Fsp3) is 0. The molecule has 4 nitrogen and oxygen atoms in total. The van der Waals surface area contributed by atoms with Crippen molar-refractivity contribution in [1.29, 1.82) is 10.8 Å². The van der Waals surface area contributed by atoms with Gasteiger partial charge in [-0.15, -0.1) is 0 Å². The summed E-state index contributed by atoms with van der Waals surface area (Å²) >= 11 is 0. The Morgan fingerprint density at radius 2 is 1.52 bits per heavy atom. The van der Waals surface area contributed by atoms with Crippen molar-refractivity contribution >= 4 is 36.3 Å². The van der Waals surface area contributed by atoms with Crippen LogP contribution in [0, 0.1) is 28.3 Å². The second-order valence-electron chi connectivity index (χ2n) is 5.72. The maximum atomic E-state index is 14.8. The molecule has 0 fully saturated rings. The van der Waals surface area contributed by atoms with Crippen molar-refractivity contribution in [2.24, 2.45) is 0 Å². The van der Waals surface area contributed by atoms with Crippen LogP contribution in [0.25, 0.3) is 16.7 Å². The Hall–Kier alpha value is -3.42. The number of hydrogen-bond acceptors (Lipinski definition) is 3. The molecule has 2 aromatic carbocycles. The van der Waals surface area contributed by atoms with E-state index in [4.69, 9.17) is 23.8 Å². The molecule has 132 valence electrons. The molecular weight excluding hydrogens is 356 g/mol. The van der Waals surface area contributed by atoms with Crippen LogP contribution in [0.4, 0.5) is 13.2 Å². The third-order valence-electron chi connectivity index (χ3n) is 4.08. The van der Waals surface area contributed by atoms with Crippen molar-refractivity contribution in [1.82, 2.24) is 0 Å². The summed E-state index contributed by atoms with van der Waals surface area (Å²) in [6, 6.07) is 7.45. The molecule has 3 N–H and O–H groups in total. The lowest BCUT2D eigenvalue weighted by Gasteiger charge is -2.18. The molecular formula is C19H10BF3N2O2. The smallest absolute Gasteiger partial charge is 0.337 e. The van der Waals surface area contributed by atoms with E-state index in [9.17, 15) is 18.0 Å². The summed E-state index contributed by atoms with van der Waals surface area (Å²) in [7, 11) is 5.70. The van der Waals surface area contributed by atoms with E-state index in [1.807, 2.05) is 0 Å². The summed E-state index contributed by atoms with van der Waals surface area (Å²) in [5, 5.41) is 24.4. The number of carboxylic acids is 1. The van der Waals surface area contributed by atoms with E-state index in [0.717, 1.165) is 12.2 Å². The van der Waals surface area contributed by atoms with Crippen molar-refractivity contribution in [2.75, 3.05) is 0 Å². The summed E-state index contributed by atoms with van der Waals surface area (Å²) in [4.78, 5) is 11.2. The average molecular weight is 366 g/mol. The molecule has 0 saturated carbocycles. The van der Waals surface area contributed by atoms with Crippen molar-refractivity contribution in [3.05, 3.63) is 71.1 Å². The Morgan fingerprint density at radius 1 is 0.926 bits per heavy atom. The number of hydrogen-bond donors (Lipinski definition) is 3. The number of rotatable bonds is 3. The molecule has 0 heterocycles. The van der Waals surface area contributed by atoms with Crippen molar-refractivity contribution in [3.8, 4) is 11.1 Å². The highest BCUT2D eigenvalue weighted by Crippen LogP contribution is 2.32. The molecule has 0 unspecified atom stereocenters. The van der Waals surface area contributed by atoms with Crippen LogP contribution in [0.1, 0.15) is 5.56 Å². The Balaban J connectivity index is 2.28. The summed E-state index contributed by atoms with van der Waals surface area (Å²) < 4.78 is 44.2. The lowest BCUT2D eigenvalue weighted by atomic mass is 9.80. The minimum absolute atomic E-state index is 0.0820. The first-order valence-corrected chi connectivity index (χ1v) is 7.60. The lowest BCUT2D eigenvalue weighted by Crippen LogP contribution is -2.25. The predicted molar refractivity (Wildman–Crippen MR) is 96.3 cm³/mol. The first-order valence-electron chi connectivity index (χ1n) is 7.60. The number of nitrogens with one attached hydrogen (secondary N) is 2. The number of halogens is 3. The second-order valence-corrected chi connectivity index (χ2v) is 5.72. The largest absolute Gasteiger partial charge is 0.478 e. The summed E-state index contributed by atoms with van der Waals surface area (Å²) in [5.41, 5.74) is -4.04. The molecule has 2 aromatic rings. The summed E-state index contributed by atoms with van der Waals surface area (Å²) in [5.74, 6) is -5.69. The van der Waals surface area contributed by atoms with Crippen LogP contribution < -0.4 is 5.46 Å². The number of benzene rings is 2. The quantitative estimate of drug-likeness (QED) is 0.443. The van der Waals surface area contributed by atoms with E-state index in [2.05, 4.69) is 0 Å². The van der Waals surface area contributed by atoms with Crippen LogP contribution >= 0.6 is 0 Å². The summed E-state index contributed by atoms with van der Waals surface area (Å²) in [6.45, 7) is 0. The fourth-order valence-electron chi connectivity index (χ4n) is 2.77. The molecule has 2 radical (unpaired) electrons.